The van der Waals surface area contributed by atoms with Gasteiger partial charge in [-0.15, -0.1) is 12.1 Å². The SMILES string of the molecule is COCOc1[c-]ccc(F)c1F.COCOc1c(C(=O)[C@H]2O[C@@H](n3ccc4c(Cl)ncnc43)[C@@H]3OC(C)(C)O[C@@H]32)ccc(F)c1F.COCOc1cccc(F)c1F.CON(C)C(=O)C1OC(n2ccc3c(Cl)ncnc32)[C@@H]2OC(C)(C)O[C@H]12.Oc1cccc(F)c1F.[Li+]. The summed E-state index contributed by atoms with van der Waals surface area (Å²) in [6.07, 6.45) is 0.0527. The van der Waals surface area contributed by atoms with Crippen molar-refractivity contribution in [3.63, 3.8) is 0 Å². The van der Waals surface area contributed by atoms with Crippen LogP contribution in [0.1, 0.15) is 50.5 Å². The molecule has 4 aromatic carbocycles. The quantitative estimate of drug-likeness (QED) is 0.0198. The smallest absolute Gasteiger partial charge is 0.505 e. The number of carbonyl (C=O) groups excluding carboxylic acids is 2. The minimum atomic E-state index is -1.30. The number of fused-ring (bicyclic) bond motifs is 4. The van der Waals surface area contributed by atoms with Crippen molar-refractivity contribution in [2.45, 2.75) is 88.3 Å². The number of ketones is 1. The third kappa shape index (κ3) is 16.8. The van der Waals surface area contributed by atoms with Crippen molar-refractivity contribution in [2.75, 3.05) is 55.9 Å². The van der Waals surface area contributed by atoms with Gasteiger partial charge >= 0.3 is 18.9 Å². The number of Topliss-reactive ketones (excluding diaryl/α,β-unsaturated/α-hetero) is 1. The molecular weight excluding hydrogens is 1300 g/mol. The molecule has 4 fully saturated rings. The fourth-order valence-electron chi connectivity index (χ4n) is 9.58. The average Bonchev–Trinajstić information content (AvgIpc) is 1.59. The zero-order valence-electron chi connectivity index (χ0n) is 51.5. The zero-order valence-corrected chi connectivity index (χ0v) is 53.0. The van der Waals surface area contributed by atoms with E-state index in [4.69, 9.17) is 75.8 Å². The van der Waals surface area contributed by atoms with Gasteiger partial charge in [0.2, 0.25) is 11.6 Å². The third-order valence-corrected chi connectivity index (χ3v) is 14.2. The summed E-state index contributed by atoms with van der Waals surface area (Å²) >= 11 is 12.3. The number of amides is 1. The maximum absolute atomic E-state index is 14.5. The van der Waals surface area contributed by atoms with Crippen molar-refractivity contribution in [1.82, 2.24) is 34.1 Å². The molecule has 8 heterocycles. The first-order chi connectivity index (χ1) is 44.3. The molecule has 12 rings (SSSR count). The number of ether oxygens (including phenoxy) is 12. The van der Waals surface area contributed by atoms with Crippen LogP contribution in [-0.4, -0.2) is 155 Å². The molecule has 0 saturated carbocycles. The first kappa shape index (κ1) is 74.1. The summed E-state index contributed by atoms with van der Waals surface area (Å²) in [7, 11) is 7.04. The Labute approximate surface area is 552 Å². The van der Waals surface area contributed by atoms with Gasteiger partial charge in [0.1, 0.15) is 58.7 Å². The molecule has 8 aromatic rings. The Hall–Kier alpha value is -7.32. The van der Waals surface area contributed by atoms with E-state index in [0.29, 0.717) is 27.2 Å². The number of carbonyl (C=O) groups is 2. The standard InChI is InChI=1S/C22H20ClF2N3O6.C16H19ClN4O5.C8H8F2O2.C8H7F2O2.C6H4F2O.Li/c1-22(2)33-17-16(14(29)10-4-5-12(24)13(25)15(10)31-9-30-3)32-21(18(17)34-22)28-7-6-11-19(23)26-8-27-20(11)28;1-16(2)25-9-10(14(22)20(3)23-4)24-15(11(9)26-16)21-6-5-8-12(17)18-7-19-13(8)21;2*1-11-5-12-7-4-2-3-6(9)8(7)10;7-4-2-1-3-5(9)6(4)8;/h4-8,16-18,21H,9H2,1-3H3;5-7,9-11,15H,1-4H3;2-4H,5H2,1H3;2-3H,5H2,1H3;1-3,9H;/q;;;-1;;+1/t16-,17-,18-,21-;9-,10?,11-,15?;;;;/m11..../s1. The molecule has 0 radical (unpaired) electrons. The second-order valence-corrected chi connectivity index (χ2v) is 21.4. The van der Waals surface area contributed by atoms with Gasteiger partial charge in [0, 0.05) is 46.5 Å². The number of nitrogens with zero attached hydrogens (tertiary/aromatic N) is 7. The van der Waals surface area contributed by atoms with Gasteiger partial charge in [-0.25, -0.2) is 42.6 Å². The van der Waals surface area contributed by atoms with Gasteiger partial charge in [0.15, 0.2) is 103 Å². The molecule has 34 heteroatoms. The molecule has 0 aliphatic carbocycles. The summed E-state index contributed by atoms with van der Waals surface area (Å²) in [6.45, 7) is 6.41. The Morgan fingerprint density at radius 2 is 1.07 bits per heavy atom. The molecule has 8 atom stereocenters. The Balaban J connectivity index is 0.000000182. The number of aromatic nitrogens is 6. The molecule has 500 valence electrons. The fourth-order valence-corrected chi connectivity index (χ4v) is 9.96. The fraction of sp³-hybridized carbons (Fsp3) is 0.367. The van der Waals surface area contributed by atoms with Crippen molar-refractivity contribution >= 4 is 57.0 Å². The van der Waals surface area contributed by atoms with Crippen LogP contribution in [0, 0.1) is 52.6 Å². The Kier molecular flexibility index (Phi) is 25.5. The van der Waals surface area contributed by atoms with Gasteiger partial charge in [0.05, 0.1) is 35.1 Å². The van der Waals surface area contributed by atoms with E-state index in [1.165, 1.54) is 72.4 Å². The maximum Gasteiger partial charge on any atom is 1.00 e. The molecular formula is C60H58Cl2F8LiN7O16. The second-order valence-electron chi connectivity index (χ2n) is 20.6. The van der Waals surface area contributed by atoms with Crippen LogP contribution in [0.2, 0.25) is 10.3 Å². The van der Waals surface area contributed by atoms with Gasteiger partial charge in [-0.3, -0.25) is 18.8 Å². The summed E-state index contributed by atoms with van der Waals surface area (Å²) in [6, 6.07) is 17.1. The largest absolute Gasteiger partial charge is 1.00 e. The number of methoxy groups -OCH3 is 3. The van der Waals surface area contributed by atoms with Crippen LogP contribution in [0.4, 0.5) is 35.1 Å². The number of benzene rings is 4. The van der Waals surface area contributed by atoms with Crippen LogP contribution in [0.25, 0.3) is 22.1 Å². The van der Waals surface area contributed by atoms with E-state index in [0.717, 1.165) is 41.5 Å². The van der Waals surface area contributed by atoms with Gasteiger partial charge in [-0.1, -0.05) is 35.3 Å². The predicted molar refractivity (Wildman–Crippen MR) is 308 cm³/mol. The number of hydrogen-bond donors (Lipinski definition) is 1. The molecule has 0 spiro atoms. The Morgan fingerprint density at radius 1 is 0.596 bits per heavy atom. The molecule has 4 aliphatic heterocycles. The molecule has 4 aromatic heterocycles. The van der Waals surface area contributed by atoms with E-state index in [2.05, 4.69) is 40.2 Å². The van der Waals surface area contributed by atoms with Crippen LogP contribution < -0.4 is 33.1 Å². The van der Waals surface area contributed by atoms with Crippen LogP contribution in [0.3, 0.4) is 0 Å². The molecule has 1 amide bonds. The molecule has 0 bridgehead atoms. The van der Waals surface area contributed by atoms with Crippen LogP contribution >= 0.6 is 23.2 Å². The summed E-state index contributed by atoms with van der Waals surface area (Å²) < 4.78 is 171. The number of hydroxylamine groups is 2. The van der Waals surface area contributed by atoms with Gasteiger partial charge < -0.3 is 71.1 Å². The van der Waals surface area contributed by atoms with Crippen molar-refractivity contribution in [2.24, 2.45) is 0 Å². The van der Waals surface area contributed by atoms with Gasteiger partial charge in [0.25, 0.3) is 5.91 Å². The van der Waals surface area contributed by atoms with Crippen molar-refractivity contribution in [3.05, 3.63) is 166 Å². The van der Waals surface area contributed by atoms with E-state index in [-0.39, 0.29) is 67.4 Å². The number of likely N-dealkylation sites (N-methyl/N-ethyl adjacent to an activating group) is 1. The Bertz CT molecular complexity index is 3850. The minimum absolute atomic E-state index is 0. The number of phenolic OH excluding ortho intramolecular Hbond substituents is 1. The molecule has 4 saturated heterocycles. The van der Waals surface area contributed by atoms with Crippen LogP contribution in [0.5, 0.6) is 23.0 Å². The second kappa shape index (κ2) is 32.4. The van der Waals surface area contributed by atoms with Gasteiger partial charge in [-0.05, 0) is 76.2 Å². The topological polar surface area (TPSA) is 239 Å². The number of rotatable bonds is 15. The number of phenols is 1. The first-order valence-corrected chi connectivity index (χ1v) is 28.1. The first-order valence-electron chi connectivity index (χ1n) is 27.3. The van der Waals surface area contributed by atoms with Crippen LogP contribution in [-0.2, 0) is 52.3 Å². The van der Waals surface area contributed by atoms with Crippen molar-refractivity contribution in [3.8, 4) is 23.0 Å². The number of aromatic hydroxyl groups is 1. The van der Waals surface area contributed by atoms with E-state index in [1.807, 2.05) is 0 Å². The number of halogens is 10. The predicted octanol–water partition coefficient (Wildman–Crippen LogP) is 7.54. The molecule has 94 heavy (non-hydrogen) atoms. The maximum atomic E-state index is 14.5. The third-order valence-electron chi connectivity index (χ3n) is 13.6. The minimum Gasteiger partial charge on any atom is -0.505 e. The normalized spacial score (nSPS) is 21.0. The van der Waals surface area contributed by atoms with Gasteiger partial charge in [-0.2, -0.15) is 19.2 Å². The molecule has 2 unspecified atom stereocenters. The Morgan fingerprint density at radius 3 is 1.61 bits per heavy atom. The van der Waals surface area contributed by atoms with Crippen LogP contribution in [0.15, 0.2) is 97.8 Å². The molecule has 1 N–H and O–H groups in total. The molecule has 4 aliphatic rings. The van der Waals surface area contributed by atoms with E-state index in [1.54, 1.807) is 61.4 Å². The summed E-state index contributed by atoms with van der Waals surface area (Å²) in [5.74, 6) is -13.1. The zero-order chi connectivity index (χ0) is 67.6. The van der Waals surface area contributed by atoms with E-state index < -0.39 is 124 Å². The average molecular weight is 1360 g/mol. The summed E-state index contributed by atoms with van der Waals surface area (Å²) in [5.41, 5.74) is 0.855. The van der Waals surface area contributed by atoms with Crippen molar-refractivity contribution in [1.29, 1.82) is 0 Å². The monoisotopic (exact) mass is 1360 g/mol. The number of hydrogen-bond acceptors (Lipinski definition) is 20. The summed E-state index contributed by atoms with van der Waals surface area (Å²) in [4.78, 5) is 47.7. The summed E-state index contributed by atoms with van der Waals surface area (Å²) in [5, 5.41) is 11.5. The van der Waals surface area contributed by atoms with Crippen molar-refractivity contribution < 1.29 is 130 Å². The van der Waals surface area contributed by atoms with E-state index >= 15 is 0 Å². The van der Waals surface area contributed by atoms with E-state index in [9.17, 15) is 44.7 Å². The molecule has 23 nitrogen and oxygen atoms in total.